The molecule has 1 aromatic heterocycles. The summed E-state index contributed by atoms with van der Waals surface area (Å²) in [5.41, 5.74) is 2.99. The summed E-state index contributed by atoms with van der Waals surface area (Å²) >= 11 is 1.67. The van der Waals surface area contributed by atoms with Crippen LogP contribution in [0.4, 0.5) is 5.69 Å². The van der Waals surface area contributed by atoms with Gasteiger partial charge in [-0.25, -0.2) is 9.97 Å². The molecule has 0 aliphatic rings. The SMILES string of the molecule is CSc1ccc(NC(=O)c2ccccc2-c2cncnc2)cc1. The molecule has 0 spiro atoms. The number of rotatable bonds is 4. The summed E-state index contributed by atoms with van der Waals surface area (Å²) in [6.07, 6.45) is 6.89. The van der Waals surface area contributed by atoms with Crippen molar-refractivity contribution in [3.63, 3.8) is 0 Å². The van der Waals surface area contributed by atoms with Gasteiger partial charge in [0.15, 0.2) is 0 Å². The average molecular weight is 321 g/mol. The van der Waals surface area contributed by atoms with Crippen LogP contribution in [0.5, 0.6) is 0 Å². The first-order chi connectivity index (χ1) is 11.3. The minimum Gasteiger partial charge on any atom is -0.322 e. The molecule has 1 heterocycles. The van der Waals surface area contributed by atoms with E-state index in [-0.39, 0.29) is 5.91 Å². The first-order valence-electron chi connectivity index (χ1n) is 7.08. The van der Waals surface area contributed by atoms with Gasteiger partial charge in [0.1, 0.15) is 6.33 Å². The average Bonchev–Trinajstić information content (AvgIpc) is 2.63. The lowest BCUT2D eigenvalue weighted by Gasteiger charge is -2.10. The van der Waals surface area contributed by atoms with Gasteiger partial charge in [-0.15, -0.1) is 11.8 Å². The van der Waals surface area contributed by atoms with Crippen molar-refractivity contribution in [1.82, 2.24) is 9.97 Å². The number of thioether (sulfide) groups is 1. The third kappa shape index (κ3) is 3.57. The number of hydrogen-bond donors (Lipinski definition) is 1. The molecule has 0 atom stereocenters. The summed E-state index contributed by atoms with van der Waals surface area (Å²) < 4.78 is 0. The molecule has 0 aliphatic carbocycles. The molecule has 5 heteroatoms. The zero-order valence-electron chi connectivity index (χ0n) is 12.6. The largest absolute Gasteiger partial charge is 0.322 e. The quantitative estimate of drug-likeness (QED) is 0.735. The van der Waals surface area contributed by atoms with Gasteiger partial charge in [-0.05, 0) is 42.2 Å². The Morgan fingerprint density at radius 3 is 2.39 bits per heavy atom. The Bertz CT molecular complexity index is 804. The molecule has 0 saturated heterocycles. The number of carbonyl (C=O) groups excluding carboxylic acids is 1. The monoisotopic (exact) mass is 321 g/mol. The predicted octanol–water partition coefficient (Wildman–Crippen LogP) is 4.12. The van der Waals surface area contributed by atoms with E-state index in [2.05, 4.69) is 15.3 Å². The molecule has 0 aliphatic heterocycles. The number of aromatic nitrogens is 2. The second-order valence-corrected chi connectivity index (χ2v) is 5.74. The third-order valence-electron chi connectivity index (χ3n) is 3.39. The Balaban J connectivity index is 1.88. The van der Waals surface area contributed by atoms with E-state index in [0.717, 1.165) is 21.7 Å². The van der Waals surface area contributed by atoms with Crippen LogP contribution >= 0.6 is 11.8 Å². The summed E-state index contributed by atoms with van der Waals surface area (Å²) in [7, 11) is 0. The van der Waals surface area contributed by atoms with E-state index in [0.29, 0.717) is 5.56 Å². The van der Waals surface area contributed by atoms with E-state index in [1.807, 2.05) is 48.7 Å². The van der Waals surface area contributed by atoms with Gasteiger partial charge >= 0.3 is 0 Å². The van der Waals surface area contributed by atoms with E-state index in [1.54, 1.807) is 30.2 Å². The zero-order chi connectivity index (χ0) is 16.1. The first kappa shape index (κ1) is 15.2. The maximum Gasteiger partial charge on any atom is 0.256 e. The molecule has 0 saturated carbocycles. The number of carbonyl (C=O) groups is 1. The van der Waals surface area contributed by atoms with Crippen LogP contribution < -0.4 is 5.32 Å². The summed E-state index contributed by atoms with van der Waals surface area (Å²) in [5.74, 6) is -0.152. The fraction of sp³-hybridized carbons (Fsp3) is 0.0556. The van der Waals surface area contributed by atoms with E-state index in [4.69, 9.17) is 0 Å². The molecule has 0 radical (unpaired) electrons. The Kier molecular flexibility index (Phi) is 4.68. The molecular formula is C18H15N3OS. The highest BCUT2D eigenvalue weighted by Gasteiger charge is 2.12. The predicted molar refractivity (Wildman–Crippen MR) is 93.6 cm³/mol. The zero-order valence-corrected chi connectivity index (χ0v) is 13.4. The van der Waals surface area contributed by atoms with Crippen molar-refractivity contribution < 1.29 is 4.79 Å². The van der Waals surface area contributed by atoms with Crippen LogP contribution in [0.3, 0.4) is 0 Å². The lowest BCUT2D eigenvalue weighted by molar-refractivity contribution is 0.102. The molecule has 0 fully saturated rings. The lowest BCUT2D eigenvalue weighted by Crippen LogP contribution is -2.13. The molecule has 3 aromatic rings. The van der Waals surface area contributed by atoms with Crippen LogP contribution in [-0.4, -0.2) is 22.1 Å². The van der Waals surface area contributed by atoms with E-state index >= 15 is 0 Å². The normalized spacial score (nSPS) is 10.3. The Hall–Kier alpha value is -2.66. The summed E-state index contributed by atoms with van der Waals surface area (Å²) in [6, 6.07) is 15.2. The smallest absolute Gasteiger partial charge is 0.256 e. The Morgan fingerprint density at radius 2 is 1.70 bits per heavy atom. The number of amides is 1. The van der Waals surface area contributed by atoms with Crippen molar-refractivity contribution in [3.8, 4) is 11.1 Å². The number of anilines is 1. The van der Waals surface area contributed by atoms with Gasteiger partial charge in [-0.1, -0.05) is 18.2 Å². The van der Waals surface area contributed by atoms with Gasteiger partial charge in [-0.3, -0.25) is 4.79 Å². The van der Waals surface area contributed by atoms with Gasteiger partial charge < -0.3 is 5.32 Å². The second kappa shape index (κ2) is 7.07. The van der Waals surface area contributed by atoms with Crippen LogP contribution in [0.2, 0.25) is 0 Å². The van der Waals surface area contributed by atoms with Crippen molar-refractivity contribution >= 4 is 23.4 Å². The van der Waals surface area contributed by atoms with Gasteiger partial charge in [0.2, 0.25) is 0 Å². The van der Waals surface area contributed by atoms with Crippen LogP contribution in [-0.2, 0) is 0 Å². The summed E-state index contributed by atoms with van der Waals surface area (Å²) in [4.78, 5) is 21.8. The number of hydrogen-bond acceptors (Lipinski definition) is 4. The van der Waals surface area contributed by atoms with Gasteiger partial charge in [0.25, 0.3) is 5.91 Å². The van der Waals surface area contributed by atoms with Gasteiger partial charge in [0.05, 0.1) is 0 Å². The second-order valence-electron chi connectivity index (χ2n) is 4.86. The molecule has 114 valence electrons. The topological polar surface area (TPSA) is 54.9 Å². The molecule has 3 rings (SSSR count). The summed E-state index contributed by atoms with van der Waals surface area (Å²) in [6.45, 7) is 0. The highest BCUT2D eigenvalue weighted by molar-refractivity contribution is 7.98. The van der Waals surface area contributed by atoms with Crippen LogP contribution in [0.1, 0.15) is 10.4 Å². The van der Waals surface area contributed by atoms with E-state index in [9.17, 15) is 4.79 Å². The van der Waals surface area contributed by atoms with Crippen LogP contribution in [0.15, 0.2) is 72.1 Å². The minimum absolute atomic E-state index is 0.152. The fourth-order valence-electron chi connectivity index (χ4n) is 2.24. The van der Waals surface area contributed by atoms with Crippen molar-refractivity contribution in [2.45, 2.75) is 4.90 Å². The standard InChI is InChI=1S/C18H15N3OS/c1-23-15-8-6-14(7-9-15)21-18(22)17-5-3-2-4-16(17)13-10-19-12-20-11-13/h2-12H,1H3,(H,21,22). The molecule has 0 unspecified atom stereocenters. The lowest BCUT2D eigenvalue weighted by atomic mass is 10.0. The van der Waals surface area contributed by atoms with Crippen molar-refractivity contribution in [2.75, 3.05) is 11.6 Å². The highest BCUT2D eigenvalue weighted by atomic mass is 32.2. The number of nitrogens with zero attached hydrogens (tertiary/aromatic N) is 2. The molecule has 4 nitrogen and oxygen atoms in total. The molecule has 1 N–H and O–H groups in total. The van der Waals surface area contributed by atoms with Crippen molar-refractivity contribution in [3.05, 3.63) is 72.8 Å². The molecule has 23 heavy (non-hydrogen) atoms. The molecule has 0 bridgehead atoms. The van der Waals surface area contributed by atoms with Crippen molar-refractivity contribution in [2.24, 2.45) is 0 Å². The number of nitrogens with one attached hydrogen (secondary N) is 1. The fourth-order valence-corrected chi connectivity index (χ4v) is 2.65. The minimum atomic E-state index is -0.152. The van der Waals surface area contributed by atoms with Crippen LogP contribution in [0.25, 0.3) is 11.1 Å². The Labute approximate surface area is 139 Å². The van der Waals surface area contributed by atoms with Gasteiger partial charge in [0, 0.05) is 34.1 Å². The van der Waals surface area contributed by atoms with Crippen molar-refractivity contribution in [1.29, 1.82) is 0 Å². The Morgan fingerprint density at radius 1 is 1.00 bits per heavy atom. The highest BCUT2D eigenvalue weighted by Crippen LogP contribution is 2.24. The van der Waals surface area contributed by atoms with Crippen LogP contribution in [0, 0.1) is 0 Å². The summed E-state index contributed by atoms with van der Waals surface area (Å²) in [5, 5.41) is 2.93. The third-order valence-corrected chi connectivity index (χ3v) is 4.13. The molecular weight excluding hydrogens is 306 g/mol. The molecule has 1 amide bonds. The van der Waals surface area contributed by atoms with Gasteiger partial charge in [-0.2, -0.15) is 0 Å². The maximum absolute atomic E-state index is 12.6. The first-order valence-corrected chi connectivity index (χ1v) is 8.30. The van der Waals surface area contributed by atoms with E-state index in [1.165, 1.54) is 6.33 Å². The van der Waals surface area contributed by atoms with E-state index < -0.39 is 0 Å². The number of benzene rings is 2. The maximum atomic E-state index is 12.6. The molecule has 2 aromatic carbocycles.